The van der Waals surface area contributed by atoms with Crippen molar-refractivity contribution in [3.63, 3.8) is 0 Å². The summed E-state index contributed by atoms with van der Waals surface area (Å²) in [6.07, 6.45) is 0. The van der Waals surface area contributed by atoms with E-state index in [1.54, 1.807) is 5.01 Å². The molecule has 0 unspecified atom stereocenters. The average Bonchev–Trinajstić information content (AvgIpc) is 2.47. The minimum Gasteiger partial charge on any atom is -0.303 e. The van der Waals surface area contributed by atoms with Gasteiger partial charge in [0.25, 0.3) is 5.69 Å². The van der Waals surface area contributed by atoms with Crippen LogP contribution < -0.4 is 0 Å². The third-order valence-corrected chi connectivity index (χ3v) is 4.25. The number of nitro groups is 1. The zero-order valence-electron chi connectivity index (χ0n) is 11.4. The highest BCUT2D eigenvalue weighted by Crippen LogP contribution is 2.18. The van der Waals surface area contributed by atoms with Gasteiger partial charge < -0.3 is 4.90 Å². The van der Waals surface area contributed by atoms with Crippen molar-refractivity contribution >= 4 is 15.7 Å². The minimum absolute atomic E-state index is 0.119. The number of nitro benzene ring substituents is 1. The first-order valence-corrected chi connectivity index (χ1v) is 7.68. The van der Waals surface area contributed by atoms with Crippen LogP contribution in [0, 0.1) is 10.1 Å². The quantitative estimate of drug-likeness (QED) is 0.464. The van der Waals surface area contributed by atoms with Crippen LogP contribution in [0.25, 0.3) is 0 Å². The zero-order chi connectivity index (χ0) is 15.5. The molecule has 0 aromatic heterocycles. The van der Waals surface area contributed by atoms with E-state index in [9.17, 15) is 18.5 Å². The Hall–Kier alpha value is -2.07. The topological polar surface area (TPSA) is 108 Å². The number of rotatable bonds is 4. The van der Waals surface area contributed by atoms with E-state index in [4.69, 9.17) is 0 Å². The molecule has 21 heavy (non-hydrogen) atoms. The number of piperazine rings is 1. The van der Waals surface area contributed by atoms with Gasteiger partial charge in [0.05, 0.1) is 22.9 Å². The van der Waals surface area contributed by atoms with Crippen LogP contribution >= 0.6 is 0 Å². The van der Waals surface area contributed by atoms with Gasteiger partial charge in [0.15, 0.2) is 0 Å². The number of benzene rings is 1. The molecule has 0 bridgehead atoms. The second-order valence-electron chi connectivity index (χ2n) is 4.65. The fourth-order valence-corrected chi connectivity index (χ4v) is 2.55. The van der Waals surface area contributed by atoms with E-state index in [-0.39, 0.29) is 10.6 Å². The fraction of sp³-hybridized carbons (Fsp3) is 0.455. The smallest absolute Gasteiger partial charge is 0.301 e. The van der Waals surface area contributed by atoms with E-state index in [0.29, 0.717) is 13.1 Å². The molecule has 1 aliphatic rings. The summed E-state index contributed by atoms with van der Waals surface area (Å²) in [6, 6.07) is 4.55. The Bertz CT molecular complexity index is 635. The van der Waals surface area contributed by atoms with Gasteiger partial charge in [-0.25, -0.2) is 0 Å². The van der Waals surface area contributed by atoms with Crippen LogP contribution in [0.4, 0.5) is 5.69 Å². The average molecular weight is 313 g/mol. The highest BCUT2D eigenvalue weighted by atomic mass is 32.2. The van der Waals surface area contributed by atoms with E-state index < -0.39 is 14.9 Å². The van der Waals surface area contributed by atoms with Crippen molar-refractivity contribution < 1.29 is 13.3 Å². The number of non-ortho nitro benzene ring substituents is 1. The van der Waals surface area contributed by atoms with Crippen LogP contribution in [0.3, 0.4) is 0 Å². The molecule has 0 aliphatic carbocycles. The standard InChI is InChI=1S/C11H15N5O4S/c1-14-6-8-15(9-7-14)12-13-21(19,20)11-4-2-10(3-5-11)16(17)18/h2-5H,6-9H2,1H3/b13-12+. The monoisotopic (exact) mass is 313 g/mol. The first-order chi connectivity index (χ1) is 9.88. The van der Waals surface area contributed by atoms with Crippen molar-refractivity contribution in [2.45, 2.75) is 4.90 Å². The van der Waals surface area contributed by atoms with Gasteiger partial charge in [-0.05, 0) is 23.7 Å². The molecular formula is C11H15N5O4S. The zero-order valence-corrected chi connectivity index (χ0v) is 12.2. The molecule has 10 heteroatoms. The molecule has 0 spiro atoms. The predicted octanol–water partition coefficient (Wildman–Crippen LogP) is 0.898. The minimum atomic E-state index is -3.94. The summed E-state index contributed by atoms with van der Waals surface area (Å²) >= 11 is 0. The molecule has 2 rings (SSSR count). The summed E-state index contributed by atoms with van der Waals surface area (Å²) < 4.78 is 27.3. The molecule has 1 saturated heterocycles. The maximum atomic E-state index is 12.0. The summed E-state index contributed by atoms with van der Waals surface area (Å²) in [5, 5.41) is 15.8. The van der Waals surface area contributed by atoms with Crippen LogP contribution in [-0.2, 0) is 10.0 Å². The molecule has 114 valence electrons. The van der Waals surface area contributed by atoms with E-state index >= 15 is 0 Å². The Morgan fingerprint density at radius 1 is 1.14 bits per heavy atom. The fourth-order valence-electron chi connectivity index (χ4n) is 1.77. The van der Waals surface area contributed by atoms with Crippen molar-refractivity contribution in [3.05, 3.63) is 34.4 Å². The van der Waals surface area contributed by atoms with Gasteiger partial charge in [-0.1, -0.05) is 5.22 Å². The molecule has 0 saturated carbocycles. The van der Waals surface area contributed by atoms with Gasteiger partial charge >= 0.3 is 10.0 Å². The lowest BCUT2D eigenvalue weighted by atomic mass is 10.3. The summed E-state index contributed by atoms with van der Waals surface area (Å²) in [6.45, 7) is 2.79. The largest absolute Gasteiger partial charge is 0.303 e. The maximum absolute atomic E-state index is 12.0. The molecule has 9 nitrogen and oxygen atoms in total. The Balaban J connectivity index is 2.09. The van der Waals surface area contributed by atoms with Crippen molar-refractivity contribution in [2.24, 2.45) is 9.74 Å². The van der Waals surface area contributed by atoms with E-state index in [0.717, 1.165) is 37.4 Å². The van der Waals surface area contributed by atoms with Gasteiger partial charge in [0.2, 0.25) is 0 Å². The number of hydrogen-bond donors (Lipinski definition) is 0. The summed E-state index contributed by atoms with van der Waals surface area (Å²) in [5.74, 6) is 0. The second-order valence-corrected chi connectivity index (χ2v) is 6.24. The van der Waals surface area contributed by atoms with Crippen molar-refractivity contribution in [1.29, 1.82) is 0 Å². The lowest BCUT2D eigenvalue weighted by Crippen LogP contribution is -2.41. The van der Waals surface area contributed by atoms with Gasteiger partial charge in [-0.3, -0.25) is 15.1 Å². The summed E-state index contributed by atoms with van der Waals surface area (Å²) in [4.78, 5) is 11.9. The van der Waals surface area contributed by atoms with Crippen LogP contribution in [-0.4, -0.2) is 56.5 Å². The Kier molecular flexibility index (Phi) is 4.48. The molecule has 1 aromatic carbocycles. The molecule has 0 atom stereocenters. The summed E-state index contributed by atoms with van der Waals surface area (Å²) in [7, 11) is -1.96. The lowest BCUT2D eigenvalue weighted by molar-refractivity contribution is -0.384. The van der Waals surface area contributed by atoms with Gasteiger partial charge in [-0.2, -0.15) is 8.42 Å². The maximum Gasteiger partial charge on any atom is 0.301 e. The number of nitrogens with zero attached hydrogens (tertiary/aromatic N) is 5. The number of hydrogen-bond acceptors (Lipinski definition) is 6. The molecule has 0 amide bonds. The van der Waals surface area contributed by atoms with Crippen LogP contribution in [0.5, 0.6) is 0 Å². The highest BCUT2D eigenvalue weighted by Gasteiger charge is 2.17. The molecular weight excluding hydrogens is 298 g/mol. The van der Waals surface area contributed by atoms with Gasteiger partial charge in [-0.15, -0.1) is 0 Å². The van der Waals surface area contributed by atoms with E-state index in [2.05, 4.69) is 14.6 Å². The van der Waals surface area contributed by atoms with E-state index in [1.807, 2.05) is 7.05 Å². The van der Waals surface area contributed by atoms with Crippen molar-refractivity contribution in [1.82, 2.24) is 9.91 Å². The van der Waals surface area contributed by atoms with Crippen LogP contribution in [0.15, 0.2) is 38.9 Å². The first-order valence-electron chi connectivity index (χ1n) is 6.24. The molecule has 1 aromatic rings. The van der Waals surface area contributed by atoms with E-state index in [1.165, 1.54) is 0 Å². The van der Waals surface area contributed by atoms with Crippen molar-refractivity contribution in [3.8, 4) is 0 Å². The Morgan fingerprint density at radius 2 is 1.71 bits per heavy atom. The third kappa shape index (κ3) is 3.95. The summed E-state index contributed by atoms with van der Waals surface area (Å²) in [5.41, 5.74) is -0.176. The van der Waals surface area contributed by atoms with Crippen molar-refractivity contribution in [2.75, 3.05) is 33.2 Å². The third-order valence-electron chi connectivity index (χ3n) is 3.10. The van der Waals surface area contributed by atoms with Crippen LogP contribution in [0.1, 0.15) is 0 Å². The van der Waals surface area contributed by atoms with Crippen LogP contribution in [0.2, 0.25) is 0 Å². The van der Waals surface area contributed by atoms with Gasteiger partial charge in [0, 0.05) is 25.2 Å². The van der Waals surface area contributed by atoms with Gasteiger partial charge in [0.1, 0.15) is 0 Å². The molecule has 1 heterocycles. The number of sulfonamides is 1. The molecule has 1 aliphatic heterocycles. The molecule has 0 N–H and O–H groups in total. The molecule has 0 radical (unpaired) electrons. The Labute approximate surface area is 122 Å². The number of likely N-dealkylation sites (N-methyl/N-ethyl adjacent to an activating group) is 1. The highest BCUT2D eigenvalue weighted by molar-refractivity contribution is 7.90. The SMILES string of the molecule is CN1CCN(/N=N/S(=O)(=O)c2ccc([N+](=O)[O-])cc2)CC1. The Morgan fingerprint density at radius 3 is 2.24 bits per heavy atom. The predicted molar refractivity (Wildman–Crippen MR) is 74.2 cm³/mol. The first kappa shape index (κ1) is 15.3. The normalized spacial score (nSPS) is 17.3. The second kappa shape index (κ2) is 6.14. The molecule has 1 fully saturated rings. The lowest BCUT2D eigenvalue weighted by Gasteiger charge is -2.28.